The lowest BCUT2D eigenvalue weighted by atomic mass is 9.98. The molecule has 2 heteroatoms. The van der Waals surface area contributed by atoms with Gasteiger partial charge in [-0.25, -0.2) is 0 Å². The largest absolute Gasteiger partial charge is 0.399 e. The molecule has 2 N–H and O–H groups in total. The minimum absolute atomic E-state index is 0.407. The molecule has 0 aliphatic heterocycles. The van der Waals surface area contributed by atoms with Gasteiger partial charge in [-0.15, -0.1) is 0 Å². The number of benzene rings is 1. The second kappa shape index (κ2) is 6.58. The third-order valence-electron chi connectivity index (χ3n) is 3.95. The highest BCUT2D eigenvalue weighted by Gasteiger charge is 2.15. The van der Waals surface area contributed by atoms with Crippen LogP contribution in [0.1, 0.15) is 50.5 Å². The Morgan fingerprint density at radius 2 is 2.00 bits per heavy atom. The maximum Gasteiger partial charge on any atom is 0.133 e. The standard InChI is InChI=1S/C16H23NO/c17-15-7-3-6-14(12-15)9-11-16(18)10-8-13-4-1-2-5-13/h3,6-7,12-13H,1-2,4-5,8-11,17H2. The van der Waals surface area contributed by atoms with E-state index in [0.717, 1.165) is 30.9 Å². The van der Waals surface area contributed by atoms with Crippen LogP contribution in [0, 0.1) is 5.92 Å². The predicted octanol–water partition coefficient (Wildman–Crippen LogP) is 3.74. The van der Waals surface area contributed by atoms with Gasteiger partial charge in [-0.1, -0.05) is 37.8 Å². The molecular formula is C16H23NO. The van der Waals surface area contributed by atoms with Crippen LogP contribution in [-0.2, 0) is 11.2 Å². The Bertz CT molecular complexity index is 394. The molecule has 1 aromatic rings. The zero-order valence-electron chi connectivity index (χ0n) is 11.0. The summed E-state index contributed by atoms with van der Waals surface area (Å²) in [4.78, 5) is 11.8. The van der Waals surface area contributed by atoms with Crippen molar-refractivity contribution in [3.63, 3.8) is 0 Å². The number of aryl methyl sites for hydroxylation is 1. The third-order valence-corrected chi connectivity index (χ3v) is 3.95. The Balaban J connectivity index is 1.68. The van der Waals surface area contributed by atoms with Crippen molar-refractivity contribution in [1.82, 2.24) is 0 Å². The molecule has 0 heterocycles. The molecule has 2 nitrogen and oxygen atoms in total. The first kappa shape index (κ1) is 13.1. The van der Waals surface area contributed by atoms with E-state index >= 15 is 0 Å². The van der Waals surface area contributed by atoms with Crippen molar-refractivity contribution in [3.05, 3.63) is 29.8 Å². The number of nitrogens with two attached hydrogens (primary N) is 1. The number of carbonyl (C=O) groups excluding carboxylic acids is 1. The topological polar surface area (TPSA) is 43.1 Å². The molecule has 0 saturated heterocycles. The van der Waals surface area contributed by atoms with E-state index in [1.165, 1.54) is 31.2 Å². The molecule has 1 aromatic carbocycles. The van der Waals surface area contributed by atoms with Gasteiger partial charge in [0.2, 0.25) is 0 Å². The first-order valence-corrected chi connectivity index (χ1v) is 7.10. The molecule has 0 aromatic heterocycles. The van der Waals surface area contributed by atoms with Gasteiger partial charge in [0.05, 0.1) is 0 Å². The van der Waals surface area contributed by atoms with Gasteiger partial charge in [0.1, 0.15) is 5.78 Å². The number of hydrogen-bond donors (Lipinski definition) is 1. The summed E-state index contributed by atoms with van der Waals surface area (Å²) in [5.74, 6) is 1.23. The van der Waals surface area contributed by atoms with Gasteiger partial charge in [0.15, 0.2) is 0 Å². The molecule has 18 heavy (non-hydrogen) atoms. The number of carbonyl (C=O) groups is 1. The van der Waals surface area contributed by atoms with Crippen molar-refractivity contribution in [2.45, 2.75) is 51.4 Å². The Hall–Kier alpha value is -1.31. The van der Waals surface area contributed by atoms with Crippen molar-refractivity contribution in [2.24, 2.45) is 5.92 Å². The molecule has 1 aliphatic carbocycles. The van der Waals surface area contributed by atoms with Crippen LogP contribution in [0.25, 0.3) is 0 Å². The Morgan fingerprint density at radius 1 is 1.22 bits per heavy atom. The number of rotatable bonds is 6. The van der Waals surface area contributed by atoms with Gasteiger partial charge in [-0.3, -0.25) is 4.79 Å². The second-order valence-electron chi connectivity index (χ2n) is 5.47. The normalized spacial score (nSPS) is 16.0. The minimum Gasteiger partial charge on any atom is -0.399 e. The van der Waals surface area contributed by atoms with Gasteiger partial charge in [0, 0.05) is 18.5 Å². The molecule has 98 valence electrons. The number of ketones is 1. The first-order valence-electron chi connectivity index (χ1n) is 7.10. The molecule has 0 bridgehead atoms. The summed E-state index contributed by atoms with van der Waals surface area (Å²) in [6.07, 6.45) is 8.77. The Labute approximate surface area is 110 Å². The fourth-order valence-electron chi connectivity index (χ4n) is 2.82. The highest BCUT2D eigenvalue weighted by molar-refractivity contribution is 5.78. The third kappa shape index (κ3) is 4.17. The van der Waals surface area contributed by atoms with Gasteiger partial charge in [-0.2, -0.15) is 0 Å². The molecule has 0 atom stereocenters. The van der Waals surface area contributed by atoms with E-state index in [4.69, 9.17) is 5.73 Å². The lowest BCUT2D eigenvalue weighted by molar-refractivity contribution is -0.119. The van der Waals surface area contributed by atoms with Crippen LogP contribution in [0.5, 0.6) is 0 Å². The van der Waals surface area contributed by atoms with Crippen molar-refractivity contribution in [3.8, 4) is 0 Å². The molecular weight excluding hydrogens is 222 g/mol. The number of anilines is 1. The highest BCUT2D eigenvalue weighted by Crippen LogP contribution is 2.28. The second-order valence-corrected chi connectivity index (χ2v) is 5.47. The summed E-state index contributed by atoms with van der Waals surface area (Å²) in [5.41, 5.74) is 7.68. The maximum atomic E-state index is 11.8. The van der Waals surface area contributed by atoms with Gasteiger partial charge in [0.25, 0.3) is 0 Å². The quantitative estimate of drug-likeness (QED) is 0.776. The van der Waals surface area contributed by atoms with Gasteiger partial charge < -0.3 is 5.73 Å². The van der Waals surface area contributed by atoms with E-state index in [9.17, 15) is 4.79 Å². The van der Waals surface area contributed by atoms with Crippen molar-refractivity contribution in [1.29, 1.82) is 0 Å². The van der Waals surface area contributed by atoms with Gasteiger partial charge >= 0.3 is 0 Å². The van der Waals surface area contributed by atoms with E-state index in [0.29, 0.717) is 12.2 Å². The van der Waals surface area contributed by atoms with E-state index < -0.39 is 0 Å². The van der Waals surface area contributed by atoms with E-state index in [1.807, 2.05) is 24.3 Å². The van der Waals surface area contributed by atoms with E-state index in [1.54, 1.807) is 0 Å². The van der Waals surface area contributed by atoms with Crippen molar-refractivity contribution >= 4 is 11.5 Å². The van der Waals surface area contributed by atoms with Crippen LogP contribution in [0.4, 0.5) is 5.69 Å². The highest BCUT2D eigenvalue weighted by atomic mass is 16.1. The average Bonchev–Trinajstić information content (AvgIpc) is 2.87. The molecule has 0 spiro atoms. The Morgan fingerprint density at radius 3 is 2.72 bits per heavy atom. The van der Waals surface area contributed by atoms with Crippen molar-refractivity contribution < 1.29 is 4.79 Å². The SMILES string of the molecule is Nc1cccc(CCC(=O)CCC2CCCC2)c1. The molecule has 1 saturated carbocycles. The number of nitrogen functional groups attached to an aromatic ring is 1. The summed E-state index contributed by atoms with van der Waals surface area (Å²) in [6, 6.07) is 7.84. The van der Waals surface area contributed by atoms with Crippen LogP contribution in [-0.4, -0.2) is 5.78 Å². The zero-order valence-corrected chi connectivity index (χ0v) is 11.0. The lowest BCUT2D eigenvalue weighted by Crippen LogP contribution is -2.04. The van der Waals surface area contributed by atoms with Crippen molar-refractivity contribution in [2.75, 3.05) is 5.73 Å². The number of hydrogen-bond acceptors (Lipinski definition) is 2. The summed E-state index contributed by atoms with van der Waals surface area (Å²) >= 11 is 0. The molecule has 1 fully saturated rings. The monoisotopic (exact) mass is 245 g/mol. The van der Waals surface area contributed by atoms with Crippen LogP contribution in [0.3, 0.4) is 0 Å². The van der Waals surface area contributed by atoms with Crippen LogP contribution in [0.2, 0.25) is 0 Å². The van der Waals surface area contributed by atoms with Crippen LogP contribution < -0.4 is 5.73 Å². The van der Waals surface area contributed by atoms with Gasteiger partial charge in [-0.05, 0) is 36.5 Å². The summed E-state index contributed by atoms with van der Waals surface area (Å²) in [6.45, 7) is 0. The molecule has 2 rings (SSSR count). The van der Waals surface area contributed by atoms with Crippen LogP contribution >= 0.6 is 0 Å². The maximum absolute atomic E-state index is 11.8. The van der Waals surface area contributed by atoms with E-state index in [2.05, 4.69) is 0 Å². The molecule has 0 amide bonds. The zero-order chi connectivity index (χ0) is 12.8. The Kier molecular flexibility index (Phi) is 4.80. The summed E-state index contributed by atoms with van der Waals surface area (Å²) in [7, 11) is 0. The number of Topliss-reactive ketones (excluding diaryl/α,β-unsaturated/α-hetero) is 1. The predicted molar refractivity (Wildman–Crippen MR) is 75.4 cm³/mol. The summed E-state index contributed by atoms with van der Waals surface area (Å²) < 4.78 is 0. The average molecular weight is 245 g/mol. The molecule has 0 radical (unpaired) electrons. The fourth-order valence-corrected chi connectivity index (χ4v) is 2.82. The fraction of sp³-hybridized carbons (Fsp3) is 0.562. The lowest BCUT2D eigenvalue weighted by Gasteiger charge is -2.07. The minimum atomic E-state index is 0.407. The molecule has 0 unspecified atom stereocenters. The van der Waals surface area contributed by atoms with Crippen LogP contribution in [0.15, 0.2) is 24.3 Å². The van der Waals surface area contributed by atoms with E-state index in [-0.39, 0.29) is 0 Å². The first-order chi connectivity index (χ1) is 8.74. The summed E-state index contributed by atoms with van der Waals surface area (Å²) in [5, 5.41) is 0. The molecule has 1 aliphatic rings. The smallest absolute Gasteiger partial charge is 0.133 e.